The summed E-state index contributed by atoms with van der Waals surface area (Å²) in [4.78, 5) is 28.8. The van der Waals surface area contributed by atoms with Crippen molar-refractivity contribution in [3.8, 4) is 5.75 Å². The highest BCUT2D eigenvalue weighted by Gasteiger charge is 2.34. The van der Waals surface area contributed by atoms with E-state index in [0.29, 0.717) is 12.2 Å². The van der Waals surface area contributed by atoms with Crippen molar-refractivity contribution in [3.05, 3.63) is 88.4 Å². The van der Waals surface area contributed by atoms with Crippen LogP contribution in [0.15, 0.2) is 71.6 Å². The molecule has 0 aliphatic rings. The fraction of sp³-hybridized carbons (Fsp3) is 0.355. The summed E-state index contributed by atoms with van der Waals surface area (Å²) in [6.07, 6.45) is 0.342. The number of methoxy groups -OCH3 is 1. The van der Waals surface area contributed by atoms with Crippen molar-refractivity contribution in [2.75, 3.05) is 18.0 Å². The Morgan fingerprint density at radius 2 is 1.54 bits per heavy atom. The Morgan fingerprint density at radius 3 is 2.05 bits per heavy atom. The molecule has 0 aliphatic carbocycles. The number of anilines is 1. The molecule has 0 fully saturated rings. The van der Waals surface area contributed by atoms with Crippen LogP contribution >= 0.6 is 11.6 Å². The number of nitrogens with zero attached hydrogens (tertiary/aromatic N) is 2. The van der Waals surface area contributed by atoms with E-state index in [9.17, 15) is 18.0 Å². The van der Waals surface area contributed by atoms with Crippen LogP contribution in [0, 0.1) is 13.8 Å². The van der Waals surface area contributed by atoms with E-state index in [2.05, 4.69) is 5.32 Å². The average molecular weight is 600 g/mol. The van der Waals surface area contributed by atoms with Crippen LogP contribution in [0.2, 0.25) is 5.02 Å². The van der Waals surface area contributed by atoms with Crippen LogP contribution in [0.3, 0.4) is 0 Å². The molecule has 0 spiro atoms. The van der Waals surface area contributed by atoms with Crippen LogP contribution in [0.4, 0.5) is 5.69 Å². The van der Waals surface area contributed by atoms with Gasteiger partial charge in [0, 0.05) is 12.6 Å². The lowest BCUT2D eigenvalue weighted by atomic mass is 10.1. The lowest BCUT2D eigenvalue weighted by Gasteiger charge is -2.33. The van der Waals surface area contributed by atoms with Gasteiger partial charge >= 0.3 is 0 Å². The summed E-state index contributed by atoms with van der Waals surface area (Å²) < 4.78 is 34.2. The van der Waals surface area contributed by atoms with Gasteiger partial charge in [-0.1, -0.05) is 66.0 Å². The molecule has 10 heteroatoms. The molecule has 1 N–H and O–H groups in total. The number of halogens is 1. The molecule has 0 aliphatic heterocycles. The molecular formula is C31H38ClN3O5S. The molecule has 2 amide bonds. The maximum absolute atomic E-state index is 14.1. The number of ether oxygens (including phenoxy) is 1. The fourth-order valence-electron chi connectivity index (χ4n) is 4.37. The highest BCUT2D eigenvalue weighted by atomic mass is 35.5. The first-order valence-corrected chi connectivity index (χ1v) is 15.3. The Balaban J connectivity index is 2.09. The van der Waals surface area contributed by atoms with Gasteiger partial charge < -0.3 is 15.0 Å². The second-order valence-corrected chi connectivity index (χ2v) is 12.5. The van der Waals surface area contributed by atoms with Gasteiger partial charge in [-0.2, -0.15) is 0 Å². The summed E-state index contributed by atoms with van der Waals surface area (Å²) in [6, 6.07) is 17.6. The molecule has 3 aromatic rings. The summed E-state index contributed by atoms with van der Waals surface area (Å²) in [5.74, 6) is -0.464. The minimum absolute atomic E-state index is 0.0255. The second-order valence-electron chi connectivity index (χ2n) is 10.2. The van der Waals surface area contributed by atoms with Crippen LogP contribution in [-0.4, -0.2) is 50.9 Å². The first-order chi connectivity index (χ1) is 19.4. The zero-order valence-corrected chi connectivity index (χ0v) is 25.9. The van der Waals surface area contributed by atoms with E-state index < -0.39 is 28.5 Å². The van der Waals surface area contributed by atoms with E-state index in [1.807, 2.05) is 58.9 Å². The summed E-state index contributed by atoms with van der Waals surface area (Å²) in [5.41, 5.74) is 2.97. The van der Waals surface area contributed by atoms with Crippen molar-refractivity contribution < 1.29 is 22.7 Å². The lowest BCUT2D eigenvalue weighted by Crippen LogP contribution is -2.53. The van der Waals surface area contributed by atoms with Crippen molar-refractivity contribution in [1.29, 1.82) is 0 Å². The average Bonchev–Trinajstić information content (AvgIpc) is 2.92. The predicted molar refractivity (Wildman–Crippen MR) is 163 cm³/mol. The predicted octanol–water partition coefficient (Wildman–Crippen LogP) is 5.49. The van der Waals surface area contributed by atoms with Crippen LogP contribution in [0.1, 0.15) is 43.9 Å². The number of hydrogen-bond donors (Lipinski definition) is 1. The molecule has 0 heterocycles. The third-order valence-electron chi connectivity index (χ3n) is 6.60. The maximum atomic E-state index is 14.1. The number of sulfonamides is 1. The second kappa shape index (κ2) is 13.9. The smallest absolute Gasteiger partial charge is 0.264 e. The Labute approximate surface area is 248 Å². The third kappa shape index (κ3) is 8.01. The van der Waals surface area contributed by atoms with Crippen LogP contribution in [-0.2, 0) is 26.2 Å². The van der Waals surface area contributed by atoms with Gasteiger partial charge in [0.15, 0.2) is 0 Å². The topological polar surface area (TPSA) is 96.0 Å². The van der Waals surface area contributed by atoms with Gasteiger partial charge in [-0.15, -0.1) is 0 Å². The first-order valence-electron chi connectivity index (χ1n) is 13.5. The Bertz CT molecular complexity index is 1460. The number of rotatable bonds is 12. The van der Waals surface area contributed by atoms with Gasteiger partial charge in [-0.25, -0.2) is 8.42 Å². The third-order valence-corrected chi connectivity index (χ3v) is 8.69. The zero-order valence-electron chi connectivity index (χ0n) is 24.3. The standard InChI is InChI=1S/C31H38ClN3O5S/c1-7-28(31(37)33-21(2)3)34(19-24-12-8-22(4)9-13-24)30(36)20-35(25-14-17-29(40-6)27(32)18-25)41(38,39)26-15-10-23(5)11-16-26/h8-18,21,28H,7,19-20H2,1-6H3,(H,33,37). The monoisotopic (exact) mass is 599 g/mol. The number of hydrogen-bond acceptors (Lipinski definition) is 5. The number of amides is 2. The molecule has 0 saturated heterocycles. The van der Waals surface area contributed by atoms with Crippen molar-refractivity contribution in [1.82, 2.24) is 10.2 Å². The lowest BCUT2D eigenvalue weighted by molar-refractivity contribution is -0.140. The zero-order chi connectivity index (χ0) is 30.3. The van der Waals surface area contributed by atoms with E-state index in [1.54, 1.807) is 18.2 Å². The van der Waals surface area contributed by atoms with Gasteiger partial charge in [0.1, 0.15) is 18.3 Å². The summed E-state index contributed by atoms with van der Waals surface area (Å²) in [6.45, 7) is 8.92. The highest BCUT2D eigenvalue weighted by Crippen LogP contribution is 2.32. The van der Waals surface area contributed by atoms with Gasteiger partial charge in [0.2, 0.25) is 11.8 Å². The Kier molecular flexibility index (Phi) is 10.8. The number of aryl methyl sites for hydroxylation is 2. The molecule has 3 rings (SSSR count). The minimum atomic E-state index is -4.20. The molecule has 0 aromatic heterocycles. The van der Waals surface area contributed by atoms with Crippen LogP contribution in [0.25, 0.3) is 0 Å². The molecule has 1 unspecified atom stereocenters. The van der Waals surface area contributed by atoms with Crippen molar-refractivity contribution >= 4 is 39.1 Å². The molecule has 41 heavy (non-hydrogen) atoms. The van der Waals surface area contributed by atoms with Crippen molar-refractivity contribution in [3.63, 3.8) is 0 Å². The first kappa shape index (κ1) is 32.0. The van der Waals surface area contributed by atoms with E-state index in [-0.39, 0.29) is 34.1 Å². The van der Waals surface area contributed by atoms with Gasteiger partial charge in [0.25, 0.3) is 10.0 Å². The van der Waals surface area contributed by atoms with E-state index in [4.69, 9.17) is 16.3 Å². The summed E-state index contributed by atoms with van der Waals surface area (Å²) in [7, 11) is -2.74. The summed E-state index contributed by atoms with van der Waals surface area (Å²) >= 11 is 6.38. The minimum Gasteiger partial charge on any atom is -0.495 e. The molecule has 0 saturated carbocycles. The van der Waals surface area contributed by atoms with E-state index >= 15 is 0 Å². The molecule has 1 atom stereocenters. The quantitative estimate of drug-likeness (QED) is 0.297. The number of nitrogens with one attached hydrogen (secondary N) is 1. The van der Waals surface area contributed by atoms with Gasteiger partial charge in [-0.3, -0.25) is 13.9 Å². The molecule has 220 valence electrons. The molecule has 8 nitrogen and oxygen atoms in total. The number of carbonyl (C=O) groups excluding carboxylic acids is 2. The van der Waals surface area contributed by atoms with Crippen LogP contribution < -0.4 is 14.4 Å². The maximum Gasteiger partial charge on any atom is 0.264 e. The molecule has 3 aromatic carbocycles. The van der Waals surface area contributed by atoms with Crippen LogP contribution in [0.5, 0.6) is 5.75 Å². The fourth-order valence-corrected chi connectivity index (χ4v) is 6.02. The van der Waals surface area contributed by atoms with Crippen molar-refractivity contribution in [2.24, 2.45) is 0 Å². The Hall–Kier alpha value is -3.56. The Morgan fingerprint density at radius 1 is 0.951 bits per heavy atom. The normalized spacial score (nSPS) is 12.1. The molecule has 0 bridgehead atoms. The highest BCUT2D eigenvalue weighted by molar-refractivity contribution is 7.92. The molecular weight excluding hydrogens is 562 g/mol. The summed E-state index contributed by atoms with van der Waals surface area (Å²) in [5, 5.41) is 3.09. The van der Waals surface area contributed by atoms with Gasteiger partial charge in [0.05, 0.1) is 22.7 Å². The largest absolute Gasteiger partial charge is 0.495 e. The van der Waals surface area contributed by atoms with E-state index in [0.717, 1.165) is 21.0 Å². The van der Waals surface area contributed by atoms with Crippen molar-refractivity contribution in [2.45, 2.75) is 64.6 Å². The van der Waals surface area contributed by atoms with Gasteiger partial charge in [-0.05, 0) is 70.0 Å². The van der Waals surface area contributed by atoms with E-state index in [1.165, 1.54) is 36.3 Å². The number of benzene rings is 3. The molecule has 0 radical (unpaired) electrons. The SMILES string of the molecule is CCC(C(=O)NC(C)C)N(Cc1ccc(C)cc1)C(=O)CN(c1ccc(OC)c(Cl)c1)S(=O)(=O)c1ccc(C)cc1. The number of carbonyl (C=O) groups is 2.